The monoisotopic (exact) mass is 396 g/mol. The van der Waals surface area contributed by atoms with Crippen molar-refractivity contribution in [3.05, 3.63) is 35.4 Å². The molecule has 4 nitrogen and oxygen atoms in total. The van der Waals surface area contributed by atoms with E-state index in [0.29, 0.717) is 6.54 Å². The van der Waals surface area contributed by atoms with Crippen LogP contribution in [0.1, 0.15) is 63.5 Å². The minimum absolute atomic E-state index is 0.0126. The number of nitrogens with one attached hydrogen (secondary N) is 1. The summed E-state index contributed by atoms with van der Waals surface area (Å²) in [6, 6.07) is 7.82. The maximum atomic E-state index is 13.5. The van der Waals surface area contributed by atoms with Crippen LogP contribution in [0.3, 0.4) is 0 Å². The molecule has 4 bridgehead atoms. The molecule has 4 aliphatic rings. The predicted octanol–water partition coefficient (Wildman–Crippen LogP) is 4.31. The number of hydrogen-bond acceptors (Lipinski definition) is 2. The van der Waals surface area contributed by atoms with Gasteiger partial charge in [-0.25, -0.2) is 0 Å². The summed E-state index contributed by atoms with van der Waals surface area (Å²) in [4.78, 5) is 28.4. The van der Waals surface area contributed by atoms with Crippen molar-refractivity contribution < 1.29 is 9.59 Å². The first-order valence-corrected chi connectivity index (χ1v) is 11.4. The minimum atomic E-state index is -0.453. The van der Waals surface area contributed by atoms with Crippen LogP contribution in [0, 0.1) is 36.0 Å². The number of carbonyl (C=O) groups is 2. The van der Waals surface area contributed by atoms with Gasteiger partial charge in [0, 0.05) is 19.0 Å². The van der Waals surface area contributed by atoms with Crippen molar-refractivity contribution in [3.63, 3.8) is 0 Å². The SMILES string of the molecule is Cc1ccc(CN(C)C(=O)C(NC(=O)C23CC4CC(CC(C4)C2)C3)C(C)C)cc1. The van der Waals surface area contributed by atoms with Crippen LogP contribution in [0.4, 0.5) is 0 Å². The van der Waals surface area contributed by atoms with Crippen LogP contribution in [0.2, 0.25) is 0 Å². The molecule has 4 heteroatoms. The fourth-order valence-electron chi connectivity index (χ4n) is 6.48. The van der Waals surface area contributed by atoms with Crippen molar-refractivity contribution in [1.82, 2.24) is 10.2 Å². The smallest absolute Gasteiger partial charge is 0.245 e. The highest BCUT2D eigenvalue weighted by Crippen LogP contribution is 2.60. The van der Waals surface area contributed by atoms with Crippen LogP contribution in [0.25, 0.3) is 0 Å². The van der Waals surface area contributed by atoms with E-state index in [1.165, 1.54) is 24.8 Å². The Morgan fingerprint density at radius 2 is 1.55 bits per heavy atom. The molecule has 0 saturated heterocycles. The van der Waals surface area contributed by atoms with Crippen molar-refractivity contribution >= 4 is 11.8 Å². The molecule has 4 saturated carbocycles. The summed E-state index contributed by atoms with van der Waals surface area (Å²) in [5.74, 6) is 2.41. The number of likely N-dealkylation sites (N-methyl/N-ethyl adjacent to an activating group) is 1. The molecule has 1 N–H and O–H groups in total. The first kappa shape index (κ1) is 20.4. The molecule has 1 unspecified atom stereocenters. The molecule has 4 fully saturated rings. The highest BCUT2D eigenvalue weighted by Gasteiger charge is 2.55. The van der Waals surface area contributed by atoms with Crippen molar-refractivity contribution in [2.24, 2.45) is 29.1 Å². The van der Waals surface area contributed by atoms with Gasteiger partial charge in [0.25, 0.3) is 0 Å². The summed E-state index contributed by atoms with van der Waals surface area (Å²) in [5.41, 5.74) is 2.12. The summed E-state index contributed by atoms with van der Waals surface area (Å²) in [5, 5.41) is 3.22. The van der Waals surface area contributed by atoms with Gasteiger partial charge < -0.3 is 10.2 Å². The molecular weight excluding hydrogens is 360 g/mol. The Hall–Kier alpha value is -1.84. The molecule has 4 aliphatic carbocycles. The first-order valence-electron chi connectivity index (χ1n) is 11.4. The lowest BCUT2D eigenvalue weighted by Gasteiger charge is -2.56. The van der Waals surface area contributed by atoms with Crippen molar-refractivity contribution in [1.29, 1.82) is 0 Å². The number of aryl methyl sites for hydroxylation is 1. The highest BCUT2D eigenvalue weighted by molar-refractivity contribution is 5.90. The Morgan fingerprint density at radius 1 is 1.03 bits per heavy atom. The molecule has 1 aromatic carbocycles. The van der Waals surface area contributed by atoms with Crippen LogP contribution < -0.4 is 5.32 Å². The molecule has 1 atom stereocenters. The van der Waals surface area contributed by atoms with E-state index in [9.17, 15) is 9.59 Å². The molecule has 1 aromatic rings. The summed E-state index contributed by atoms with van der Waals surface area (Å²) < 4.78 is 0. The normalized spacial score (nSPS) is 31.0. The lowest BCUT2D eigenvalue weighted by atomic mass is 9.49. The second-order valence-electron chi connectivity index (χ2n) is 10.6. The average molecular weight is 397 g/mol. The molecule has 29 heavy (non-hydrogen) atoms. The van der Waals surface area contributed by atoms with Gasteiger partial charge in [0.1, 0.15) is 6.04 Å². The van der Waals surface area contributed by atoms with Crippen LogP contribution in [0.15, 0.2) is 24.3 Å². The third kappa shape index (κ3) is 4.08. The Kier molecular flexibility index (Phi) is 5.48. The second-order valence-corrected chi connectivity index (χ2v) is 10.6. The lowest BCUT2D eigenvalue weighted by molar-refractivity contribution is -0.150. The van der Waals surface area contributed by atoms with Crippen LogP contribution in [0.5, 0.6) is 0 Å². The van der Waals surface area contributed by atoms with E-state index >= 15 is 0 Å². The average Bonchev–Trinajstić information content (AvgIpc) is 2.65. The highest BCUT2D eigenvalue weighted by atomic mass is 16.2. The Bertz CT molecular complexity index is 732. The maximum absolute atomic E-state index is 13.5. The van der Waals surface area contributed by atoms with Crippen LogP contribution in [-0.2, 0) is 16.1 Å². The van der Waals surface area contributed by atoms with Gasteiger partial charge in [-0.05, 0) is 74.7 Å². The largest absolute Gasteiger partial charge is 0.344 e. The van der Waals surface area contributed by atoms with Crippen LogP contribution >= 0.6 is 0 Å². The molecule has 0 heterocycles. The molecule has 0 radical (unpaired) electrons. The zero-order valence-corrected chi connectivity index (χ0v) is 18.4. The number of nitrogens with zero attached hydrogens (tertiary/aromatic N) is 1. The van der Waals surface area contributed by atoms with Gasteiger partial charge in [-0.1, -0.05) is 43.7 Å². The van der Waals surface area contributed by atoms with Gasteiger partial charge in [0.2, 0.25) is 11.8 Å². The minimum Gasteiger partial charge on any atom is -0.344 e. The van der Waals surface area contributed by atoms with E-state index in [1.54, 1.807) is 4.90 Å². The number of carbonyl (C=O) groups excluding carboxylic acids is 2. The standard InChI is InChI=1S/C25H36N2O2/c1-16(2)22(23(28)27(4)15-18-7-5-17(3)6-8-18)26-24(29)25-12-19-9-20(13-25)11-21(10-19)14-25/h5-8,16,19-22H,9-15H2,1-4H3,(H,26,29). The van der Waals surface area contributed by atoms with E-state index in [0.717, 1.165) is 42.6 Å². The van der Waals surface area contributed by atoms with Crippen molar-refractivity contribution in [2.45, 2.75) is 71.9 Å². The quantitative estimate of drug-likeness (QED) is 0.779. The molecule has 0 aromatic heterocycles. The van der Waals surface area contributed by atoms with E-state index in [-0.39, 0.29) is 23.1 Å². The Balaban J connectivity index is 1.44. The molecule has 158 valence electrons. The molecule has 0 aliphatic heterocycles. The summed E-state index contributed by atoms with van der Waals surface area (Å²) in [6.45, 7) is 6.69. The van der Waals surface area contributed by atoms with Crippen LogP contribution in [-0.4, -0.2) is 29.8 Å². The topological polar surface area (TPSA) is 49.4 Å². The van der Waals surface area contributed by atoms with E-state index < -0.39 is 6.04 Å². The summed E-state index contributed by atoms with van der Waals surface area (Å²) >= 11 is 0. The number of rotatable bonds is 6. The van der Waals surface area contributed by atoms with E-state index in [4.69, 9.17) is 0 Å². The van der Waals surface area contributed by atoms with Gasteiger partial charge in [-0.2, -0.15) is 0 Å². The van der Waals surface area contributed by atoms with E-state index in [2.05, 4.69) is 36.5 Å². The van der Waals surface area contributed by atoms with Gasteiger partial charge in [0.15, 0.2) is 0 Å². The predicted molar refractivity (Wildman–Crippen MR) is 115 cm³/mol. The van der Waals surface area contributed by atoms with Gasteiger partial charge in [-0.3, -0.25) is 9.59 Å². The Labute approximate surface area is 175 Å². The molecule has 0 spiro atoms. The third-order valence-electron chi connectivity index (χ3n) is 7.66. The second kappa shape index (κ2) is 7.77. The summed E-state index contributed by atoms with van der Waals surface area (Å²) in [6.07, 6.45) is 7.05. The number of hydrogen-bond donors (Lipinski definition) is 1. The van der Waals surface area contributed by atoms with E-state index in [1.807, 2.05) is 20.9 Å². The fraction of sp³-hybridized carbons (Fsp3) is 0.680. The Morgan fingerprint density at radius 3 is 2.03 bits per heavy atom. The first-order chi connectivity index (χ1) is 13.8. The molecular formula is C25H36N2O2. The van der Waals surface area contributed by atoms with Gasteiger partial charge in [-0.15, -0.1) is 0 Å². The van der Waals surface area contributed by atoms with Crippen molar-refractivity contribution in [3.8, 4) is 0 Å². The third-order valence-corrected chi connectivity index (χ3v) is 7.66. The van der Waals surface area contributed by atoms with Gasteiger partial charge >= 0.3 is 0 Å². The number of benzene rings is 1. The molecule has 5 rings (SSSR count). The zero-order chi connectivity index (χ0) is 20.8. The molecule has 2 amide bonds. The number of amides is 2. The van der Waals surface area contributed by atoms with Crippen molar-refractivity contribution in [2.75, 3.05) is 7.05 Å². The van der Waals surface area contributed by atoms with Gasteiger partial charge in [0.05, 0.1) is 0 Å². The zero-order valence-electron chi connectivity index (χ0n) is 18.4. The lowest BCUT2D eigenvalue weighted by Crippen LogP contribution is -2.58. The maximum Gasteiger partial charge on any atom is 0.245 e. The summed E-state index contributed by atoms with van der Waals surface area (Å²) in [7, 11) is 1.84. The fourth-order valence-corrected chi connectivity index (χ4v) is 6.48.